The molecule has 2 aromatic heterocycles. The summed E-state index contributed by atoms with van der Waals surface area (Å²) >= 11 is 12.6. The van der Waals surface area contributed by atoms with Crippen LogP contribution in [0.5, 0.6) is 0 Å². The molecule has 0 unspecified atom stereocenters. The third-order valence-corrected chi connectivity index (χ3v) is 8.72. The van der Waals surface area contributed by atoms with E-state index in [2.05, 4.69) is 119 Å². The van der Waals surface area contributed by atoms with E-state index in [1.807, 2.05) is 84.9 Å². The first kappa shape index (κ1) is 32.7. The van der Waals surface area contributed by atoms with E-state index in [0.717, 1.165) is 44.8 Å². The molecular weight excluding hydrogens is 651 g/mol. The predicted molar refractivity (Wildman–Crippen MR) is 211 cm³/mol. The number of hydrogen-bond acceptors (Lipinski definition) is 2. The third-order valence-electron chi connectivity index (χ3n) is 8.33. The highest BCUT2D eigenvalue weighted by Gasteiger charge is 2.09. The van der Waals surface area contributed by atoms with Gasteiger partial charge in [-0.15, -0.1) is 0 Å². The standard InChI is InChI=1S/2C23H16ClN/c2*24-23-16-21(15-22(25-23)18-10-5-2-6-11-18)20-13-7-12-19(14-20)17-8-3-1-4-9-17/h2*1-16H. The summed E-state index contributed by atoms with van der Waals surface area (Å²) in [6.45, 7) is 0. The van der Waals surface area contributed by atoms with Crippen LogP contribution in [0.3, 0.4) is 0 Å². The molecule has 0 aliphatic carbocycles. The van der Waals surface area contributed by atoms with Gasteiger partial charge >= 0.3 is 0 Å². The van der Waals surface area contributed by atoms with Crippen LogP contribution in [0.1, 0.15) is 0 Å². The summed E-state index contributed by atoms with van der Waals surface area (Å²) in [5, 5.41) is 1.00. The van der Waals surface area contributed by atoms with Gasteiger partial charge in [0.15, 0.2) is 0 Å². The second-order valence-corrected chi connectivity index (χ2v) is 12.5. The zero-order valence-corrected chi connectivity index (χ0v) is 28.6. The van der Waals surface area contributed by atoms with Gasteiger partial charge in [-0.2, -0.15) is 0 Å². The first-order chi connectivity index (χ1) is 24.6. The Morgan fingerprint density at radius 2 is 0.520 bits per heavy atom. The van der Waals surface area contributed by atoms with Crippen LogP contribution in [-0.4, -0.2) is 9.97 Å². The summed E-state index contributed by atoms with van der Waals surface area (Å²) in [6, 6.07) is 66.0. The Bertz CT molecular complexity index is 2160. The number of hydrogen-bond donors (Lipinski definition) is 0. The van der Waals surface area contributed by atoms with Gasteiger partial charge in [0.1, 0.15) is 10.3 Å². The molecule has 6 aromatic carbocycles. The van der Waals surface area contributed by atoms with Gasteiger partial charge in [-0.05, 0) is 80.9 Å². The Labute approximate surface area is 303 Å². The Balaban J connectivity index is 0.000000157. The highest BCUT2D eigenvalue weighted by molar-refractivity contribution is 6.30. The molecule has 0 amide bonds. The lowest BCUT2D eigenvalue weighted by Gasteiger charge is -2.09. The molecule has 2 nitrogen and oxygen atoms in total. The van der Waals surface area contributed by atoms with Crippen molar-refractivity contribution in [3.63, 3.8) is 0 Å². The Kier molecular flexibility index (Phi) is 10.2. The van der Waals surface area contributed by atoms with Gasteiger partial charge in [0.25, 0.3) is 0 Å². The molecule has 2 heterocycles. The molecule has 0 aliphatic heterocycles. The van der Waals surface area contributed by atoms with Crippen molar-refractivity contribution in [3.8, 4) is 67.0 Å². The van der Waals surface area contributed by atoms with Crippen LogP contribution in [0.4, 0.5) is 0 Å². The first-order valence-electron chi connectivity index (χ1n) is 16.4. The maximum Gasteiger partial charge on any atom is 0.130 e. The van der Waals surface area contributed by atoms with Gasteiger partial charge in [0.2, 0.25) is 0 Å². The van der Waals surface area contributed by atoms with Crippen LogP contribution in [-0.2, 0) is 0 Å². The number of pyridine rings is 2. The van der Waals surface area contributed by atoms with E-state index in [1.165, 1.54) is 22.3 Å². The van der Waals surface area contributed by atoms with Crippen molar-refractivity contribution in [2.75, 3.05) is 0 Å². The van der Waals surface area contributed by atoms with E-state index >= 15 is 0 Å². The maximum atomic E-state index is 6.30. The molecule has 0 N–H and O–H groups in total. The van der Waals surface area contributed by atoms with E-state index in [-0.39, 0.29) is 0 Å². The molecule has 0 bridgehead atoms. The minimum atomic E-state index is 0.501. The molecule has 0 fully saturated rings. The largest absolute Gasteiger partial charge is 0.236 e. The third kappa shape index (κ3) is 8.07. The molecule has 0 aliphatic rings. The highest BCUT2D eigenvalue weighted by Crippen LogP contribution is 2.32. The number of rotatable bonds is 6. The quantitative estimate of drug-likeness (QED) is 0.163. The highest BCUT2D eigenvalue weighted by atomic mass is 35.5. The Hall–Kier alpha value is -5.80. The van der Waals surface area contributed by atoms with Crippen molar-refractivity contribution in [1.29, 1.82) is 0 Å². The molecule has 240 valence electrons. The fourth-order valence-electron chi connectivity index (χ4n) is 5.86. The average molecular weight is 684 g/mol. The van der Waals surface area contributed by atoms with Crippen molar-refractivity contribution < 1.29 is 0 Å². The van der Waals surface area contributed by atoms with Crippen molar-refractivity contribution >= 4 is 23.2 Å². The molecule has 50 heavy (non-hydrogen) atoms. The minimum Gasteiger partial charge on any atom is -0.236 e. The maximum absolute atomic E-state index is 6.30. The molecule has 8 rings (SSSR count). The van der Waals surface area contributed by atoms with Gasteiger partial charge in [-0.1, -0.05) is 181 Å². The van der Waals surface area contributed by atoms with Gasteiger partial charge in [0.05, 0.1) is 11.4 Å². The second kappa shape index (κ2) is 15.6. The van der Waals surface area contributed by atoms with Gasteiger partial charge in [-0.25, -0.2) is 9.97 Å². The number of halogens is 2. The lowest BCUT2D eigenvalue weighted by Crippen LogP contribution is -1.88. The van der Waals surface area contributed by atoms with Crippen LogP contribution in [0.25, 0.3) is 67.0 Å². The number of nitrogens with zero attached hydrogens (tertiary/aromatic N) is 2. The minimum absolute atomic E-state index is 0.501. The van der Waals surface area contributed by atoms with Crippen LogP contribution < -0.4 is 0 Å². The van der Waals surface area contributed by atoms with Crippen LogP contribution in [0, 0.1) is 0 Å². The van der Waals surface area contributed by atoms with E-state index < -0.39 is 0 Å². The fraction of sp³-hybridized carbons (Fsp3) is 0. The van der Waals surface area contributed by atoms with Gasteiger partial charge in [0, 0.05) is 11.1 Å². The van der Waals surface area contributed by atoms with E-state index in [9.17, 15) is 0 Å². The Morgan fingerprint density at radius 1 is 0.240 bits per heavy atom. The lowest BCUT2D eigenvalue weighted by molar-refractivity contribution is 1.32. The molecular formula is C46H32Cl2N2. The SMILES string of the molecule is Clc1cc(-c2cccc(-c3ccccc3)c2)cc(-c2ccccc2)n1.Clc1cc(-c2cccc(-c3ccccc3)c2)cc(-c2ccccc2)n1. The van der Waals surface area contributed by atoms with E-state index in [4.69, 9.17) is 23.2 Å². The summed E-state index contributed by atoms with van der Waals surface area (Å²) in [7, 11) is 0. The van der Waals surface area contributed by atoms with E-state index in [0.29, 0.717) is 10.3 Å². The summed E-state index contributed by atoms with van der Waals surface area (Å²) in [4.78, 5) is 8.95. The van der Waals surface area contributed by atoms with Crippen molar-refractivity contribution in [2.24, 2.45) is 0 Å². The van der Waals surface area contributed by atoms with E-state index in [1.54, 1.807) is 0 Å². The molecule has 4 heteroatoms. The predicted octanol–water partition coefficient (Wildman–Crippen LogP) is 13.5. The zero-order chi connectivity index (χ0) is 34.1. The molecule has 0 radical (unpaired) electrons. The summed E-state index contributed by atoms with van der Waals surface area (Å²) in [6.07, 6.45) is 0. The normalized spacial score (nSPS) is 10.6. The van der Waals surface area contributed by atoms with Crippen molar-refractivity contribution in [2.45, 2.75) is 0 Å². The topological polar surface area (TPSA) is 25.8 Å². The summed E-state index contributed by atoms with van der Waals surface area (Å²) in [5.41, 5.74) is 13.1. The summed E-state index contributed by atoms with van der Waals surface area (Å²) < 4.78 is 0. The molecule has 0 saturated carbocycles. The van der Waals surface area contributed by atoms with Crippen LogP contribution in [0.15, 0.2) is 194 Å². The van der Waals surface area contributed by atoms with Crippen LogP contribution >= 0.6 is 23.2 Å². The van der Waals surface area contributed by atoms with Crippen LogP contribution in [0.2, 0.25) is 10.3 Å². The molecule has 8 aromatic rings. The average Bonchev–Trinajstić information content (AvgIpc) is 3.19. The number of aromatic nitrogens is 2. The summed E-state index contributed by atoms with van der Waals surface area (Å²) in [5.74, 6) is 0. The second-order valence-electron chi connectivity index (χ2n) is 11.8. The smallest absolute Gasteiger partial charge is 0.130 e. The van der Waals surface area contributed by atoms with Crippen molar-refractivity contribution in [1.82, 2.24) is 9.97 Å². The monoisotopic (exact) mass is 682 g/mol. The fourth-order valence-corrected chi connectivity index (χ4v) is 6.28. The Morgan fingerprint density at radius 3 is 0.860 bits per heavy atom. The molecule has 0 saturated heterocycles. The van der Waals surface area contributed by atoms with Gasteiger partial charge in [-0.3, -0.25) is 0 Å². The van der Waals surface area contributed by atoms with Gasteiger partial charge < -0.3 is 0 Å². The van der Waals surface area contributed by atoms with Crippen molar-refractivity contribution in [3.05, 3.63) is 204 Å². The zero-order valence-electron chi connectivity index (χ0n) is 27.1. The molecule has 0 spiro atoms. The first-order valence-corrected chi connectivity index (χ1v) is 17.1. The molecule has 0 atom stereocenters. The number of benzene rings is 6. The lowest BCUT2D eigenvalue weighted by atomic mass is 9.98.